The second-order valence-electron chi connectivity index (χ2n) is 12.4. The Morgan fingerprint density at radius 3 is 1.64 bits per heavy atom. The van der Waals surface area contributed by atoms with E-state index >= 15 is 0 Å². The first-order valence-corrected chi connectivity index (χ1v) is 18.2. The Hall–Kier alpha value is -5.02. The number of aliphatic hydroxyl groups is 2. The number of esters is 2. The van der Waals surface area contributed by atoms with Crippen LogP contribution in [-0.2, 0) is 41.7 Å². The predicted molar refractivity (Wildman–Crippen MR) is 198 cm³/mol. The number of carbonyl (C=O) groups is 4. The summed E-state index contributed by atoms with van der Waals surface area (Å²) in [4.78, 5) is 53.2. The van der Waals surface area contributed by atoms with Crippen molar-refractivity contribution in [2.45, 2.75) is 55.9 Å². The van der Waals surface area contributed by atoms with E-state index in [9.17, 15) is 29.4 Å². The molecule has 53 heavy (non-hydrogen) atoms. The zero-order valence-electron chi connectivity index (χ0n) is 29.5. The number of hydrogen-bond donors (Lipinski definition) is 2. The SMILES string of the molecule is C=C(C)C(=O)OCC(O)COc1cc(C)c(OCC(O)COC(=O)C(=C)C)c2c1SC(=C1C(=O)N(Cc3ccccc3)N(Cc3ccccc3)C1=O)S2. The van der Waals surface area contributed by atoms with Gasteiger partial charge in [0.25, 0.3) is 11.8 Å². The molecule has 0 saturated carbocycles. The van der Waals surface area contributed by atoms with E-state index in [4.69, 9.17) is 18.9 Å². The summed E-state index contributed by atoms with van der Waals surface area (Å²) in [5, 5.41) is 24.0. The van der Waals surface area contributed by atoms with Gasteiger partial charge in [0.05, 0.1) is 27.1 Å². The molecule has 2 atom stereocenters. The monoisotopic (exact) mass is 760 g/mol. The summed E-state index contributed by atoms with van der Waals surface area (Å²) in [5.41, 5.74) is 2.64. The van der Waals surface area contributed by atoms with Crippen LogP contribution in [0.25, 0.3) is 0 Å². The number of carbonyl (C=O) groups excluding carboxylic acids is 4. The van der Waals surface area contributed by atoms with Gasteiger partial charge in [-0.25, -0.2) is 19.6 Å². The van der Waals surface area contributed by atoms with Crippen molar-refractivity contribution in [3.8, 4) is 11.5 Å². The summed E-state index contributed by atoms with van der Waals surface area (Å²) >= 11 is 2.32. The van der Waals surface area contributed by atoms with E-state index in [1.165, 1.54) is 23.9 Å². The van der Waals surface area contributed by atoms with E-state index in [0.29, 0.717) is 31.1 Å². The number of rotatable bonds is 16. The molecular weight excluding hydrogens is 721 g/mol. The van der Waals surface area contributed by atoms with Gasteiger partial charge in [-0.1, -0.05) is 97.3 Å². The van der Waals surface area contributed by atoms with Crippen molar-refractivity contribution in [2.24, 2.45) is 0 Å². The van der Waals surface area contributed by atoms with Gasteiger partial charge >= 0.3 is 11.9 Å². The Bertz CT molecular complexity index is 1870. The molecule has 0 spiro atoms. The van der Waals surface area contributed by atoms with Gasteiger partial charge < -0.3 is 29.2 Å². The molecule has 2 heterocycles. The maximum absolute atomic E-state index is 14.2. The topological polar surface area (TPSA) is 152 Å². The van der Waals surface area contributed by atoms with Crippen LogP contribution in [0.3, 0.4) is 0 Å². The van der Waals surface area contributed by atoms with Crippen molar-refractivity contribution in [2.75, 3.05) is 26.4 Å². The highest BCUT2D eigenvalue weighted by Gasteiger charge is 2.45. The molecule has 0 aromatic heterocycles. The lowest BCUT2D eigenvalue weighted by Gasteiger charge is -2.27. The molecule has 0 aliphatic carbocycles. The molecule has 2 N–H and O–H groups in total. The highest BCUT2D eigenvalue weighted by molar-refractivity contribution is 8.25. The minimum Gasteiger partial charge on any atom is -0.490 e. The minimum atomic E-state index is -1.17. The fourth-order valence-electron chi connectivity index (χ4n) is 5.13. The van der Waals surface area contributed by atoms with Gasteiger partial charge in [0, 0.05) is 11.1 Å². The molecule has 0 bridgehead atoms. The van der Waals surface area contributed by atoms with Crippen LogP contribution in [0.5, 0.6) is 11.5 Å². The molecule has 2 amide bonds. The maximum atomic E-state index is 14.2. The smallest absolute Gasteiger partial charge is 0.333 e. The van der Waals surface area contributed by atoms with Crippen LogP contribution >= 0.6 is 23.5 Å². The van der Waals surface area contributed by atoms with Crippen molar-refractivity contribution in [1.82, 2.24) is 10.0 Å². The second kappa shape index (κ2) is 17.7. The minimum absolute atomic E-state index is 0.0175. The lowest BCUT2D eigenvalue weighted by Crippen LogP contribution is -2.39. The van der Waals surface area contributed by atoms with Crippen molar-refractivity contribution < 1.29 is 48.3 Å². The molecule has 2 aliphatic heterocycles. The van der Waals surface area contributed by atoms with E-state index in [0.717, 1.165) is 34.7 Å². The number of nitrogens with zero attached hydrogens (tertiary/aromatic N) is 2. The largest absolute Gasteiger partial charge is 0.490 e. The van der Waals surface area contributed by atoms with Crippen LogP contribution in [0.2, 0.25) is 0 Å². The number of benzene rings is 3. The standard InChI is InChI=1S/C39H40N2O10S2/c1-23(2)37(46)50-21-28(42)19-48-30-16-25(5)32(49-20-29(43)22-51-38(47)24(3)4)34-33(30)52-39(53-34)31-35(44)40(17-26-12-8-6-9-13-26)41(36(31)45)18-27-14-10-7-11-15-27/h6-16,28-29,42-43H,1,3,17-22H2,2,4-5H3. The number of aryl methyl sites for hydroxylation is 1. The van der Waals surface area contributed by atoms with Gasteiger partial charge in [-0.15, -0.1) is 0 Å². The zero-order valence-corrected chi connectivity index (χ0v) is 31.2. The Balaban J connectivity index is 1.46. The molecule has 1 saturated heterocycles. The normalized spacial score (nSPS) is 14.9. The third kappa shape index (κ3) is 9.70. The zero-order chi connectivity index (χ0) is 38.2. The average Bonchev–Trinajstić information content (AvgIpc) is 3.66. The van der Waals surface area contributed by atoms with Gasteiger partial charge in [0.1, 0.15) is 55.7 Å². The highest BCUT2D eigenvalue weighted by Crippen LogP contribution is 2.60. The Labute approximate surface area is 316 Å². The number of hydrogen-bond acceptors (Lipinski definition) is 12. The van der Waals surface area contributed by atoms with Gasteiger partial charge in [-0.05, 0) is 43.5 Å². The number of thioether (sulfide) groups is 2. The van der Waals surface area contributed by atoms with Gasteiger partial charge in [0.15, 0.2) is 0 Å². The van der Waals surface area contributed by atoms with Gasteiger partial charge in [0.2, 0.25) is 0 Å². The number of fused-ring (bicyclic) bond motifs is 1. The first-order valence-electron chi connectivity index (χ1n) is 16.6. The lowest BCUT2D eigenvalue weighted by atomic mass is 10.2. The van der Waals surface area contributed by atoms with Crippen LogP contribution < -0.4 is 9.47 Å². The summed E-state index contributed by atoms with van der Waals surface area (Å²) in [7, 11) is 0. The third-order valence-corrected chi connectivity index (χ3v) is 10.4. The first-order chi connectivity index (χ1) is 25.3. The van der Waals surface area contributed by atoms with Crippen molar-refractivity contribution in [1.29, 1.82) is 0 Å². The molecular formula is C39H40N2O10S2. The Morgan fingerprint density at radius 1 is 0.717 bits per heavy atom. The molecule has 2 aliphatic rings. The average molecular weight is 761 g/mol. The summed E-state index contributed by atoms with van der Waals surface area (Å²) in [5.74, 6) is -1.53. The van der Waals surface area contributed by atoms with Crippen LogP contribution in [0.15, 0.2) is 111 Å². The van der Waals surface area contributed by atoms with E-state index in [1.54, 1.807) is 13.0 Å². The van der Waals surface area contributed by atoms with E-state index in [2.05, 4.69) is 13.2 Å². The van der Waals surface area contributed by atoms with Crippen LogP contribution in [-0.4, -0.2) is 82.6 Å². The summed E-state index contributed by atoms with van der Waals surface area (Å²) in [6.45, 7) is 11.0. The van der Waals surface area contributed by atoms with Crippen molar-refractivity contribution in [3.63, 3.8) is 0 Å². The molecule has 2 unspecified atom stereocenters. The summed E-state index contributed by atoms with van der Waals surface area (Å²) in [6, 6.07) is 20.4. The second-order valence-corrected chi connectivity index (χ2v) is 14.7. The summed E-state index contributed by atoms with van der Waals surface area (Å²) < 4.78 is 22.6. The molecule has 5 rings (SSSR count). The van der Waals surface area contributed by atoms with Crippen LogP contribution in [0.1, 0.15) is 30.5 Å². The third-order valence-electron chi connectivity index (χ3n) is 7.84. The highest BCUT2D eigenvalue weighted by atomic mass is 32.2. The van der Waals surface area contributed by atoms with Crippen molar-refractivity contribution >= 4 is 47.3 Å². The Kier molecular flexibility index (Phi) is 13.1. The molecule has 278 valence electrons. The van der Waals surface area contributed by atoms with Gasteiger partial charge in [-0.3, -0.25) is 9.59 Å². The number of hydrazine groups is 1. The van der Waals surface area contributed by atoms with Crippen LogP contribution in [0, 0.1) is 6.92 Å². The number of amides is 2. The van der Waals surface area contributed by atoms with E-state index < -0.39 is 36.0 Å². The predicted octanol–water partition coefficient (Wildman–Crippen LogP) is 5.11. The first kappa shape index (κ1) is 39.2. The van der Waals surface area contributed by atoms with Crippen LogP contribution in [0.4, 0.5) is 0 Å². The molecule has 12 nitrogen and oxygen atoms in total. The number of aliphatic hydroxyl groups excluding tert-OH is 2. The molecule has 3 aromatic carbocycles. The van der Waals surface area contributed by atoms with E-state index in [-0.39, 0.29) is 56.2 Å². The molecule has 14 heteroatoms. The fourth-order valence-corrected chi connectivity index (χ4v) is 7.88. The molecule has 3 aromatic rings. The fraction of sp³-hybridized carbons (Fsp3) is 0.282. The number of ether oxygens (including phenoxy) is 4. The quantitative estimate of drug-likeness (QED) is 0.113. The van der Waals surface area contributed by atoms with Crippen molar-refractivity contribution in [3.05, 3.63) is 118 Å². The molecule has 0 radical (unpaired) electrons. The lowest BCUT2D eigenvalue weighted by molar-refractivity contribution is -0.149. The molecule has 1 fully saturated rings. The maximum Gasteiger partial charge on any atom is 0.333 e. The summed E-state index contributed by atoms with van der Waals surface area (Å²) in [6.07, 6.45) is -2.34. The Morgan fingerprint density at radius 2 is 1.17 bits per heavy atom. The van der Waals surface area contributed by atoms with E-state index in [1.807, 2.05) is 60.7 Å². The van der Waals surface area contributed by atoms with Gasteiger partial charge in [-0.2, -0.15) is 0 Å².